The second-order valence-electron chi connectivity index (χ2n) is 16.5. The van der Waals surface area contributed by atoms with E-state index in [0.717, 1.165) is 96.3 Å². The van der Waals surface area contributed by atoms with Crippen LogP contribution in [-0.2, 0) is 14.3 Å². The Bertz CT molecular complexity index is 1220. The Kier molecular flexibility index (Phi) is 45.3. The summed E-state index contributed by atoms with van der Waals surface area (Å²) in [5, 5.41) is 23.7. The van der Waals surface area contributed by atoms with Crippen LogP contribution in [0.4, 0.5) is 0 Å². The van der Waals surface area contributed by atoms with Crippen molar-refractivity contribution in [3.8, 4) is 0 Å². The summed E-state index contributed by atoms with van der Waals surface area (Å²) >= 11 is 0. The van der Waals surface area contributed by atoms with Crippen LogP contribution in [0.1, 0.15) is 213 Å². The fourth-order valence-electron chi connectivity index (χ4n) is 6.99. The van der Waals surface area contributed by atoms with Crippen LogP contribution in [0.2, 0.25) is 0 Å². The minimum atomic E-state index is -0.809. The van der Waals surface area contributed by atoms with Crippen LogP contribution in [0.3, 0.4) is 0 Å². The molecule has 0 fully saturated rings. The Morgan fingerprint density at radius 3 is 1.54 bits per heavy atom. The van der Waals surface area contributed by atoms with Gasteiger partial charge in [0.2, 0.25) is 5.91 Å². The molecule has 0 aliphatic carbocycles. The smallest absolute Gasteiger partial charge is 0.306 e. The van der Waals surface area contributed by atoms with Crippen molar-refractivity contribution in [2.75, 3.05) is 6.61 Å². The van der Waals surface area contributed by atoms with Gasteiger partial charge in [0.15, 0.2) is 0 Å². The molecule has 6 nitrogen and oxygen atoms in total. The molecule has 3 N–H and O–H groups in total. The molecule has 0 radical (unpaired) electrons. The van der Waals surface area contributed by atoms with Crippen molar-refractivity contribution in [3.05, 3.63) is 97.2 Å². The Balaban J connectivity index is 4.75. The molecular formula is C55H93NO5. The summed E-state index contributed by atoms with van der Waals surface area (Å²) in [6, 6.07) is -0.727. The maximum absolute atomic E-state index is 13.2. The number of unbranched alkanes of at least 4 members (excludes halogenated alkanes) is 17. The normalized spacial score (nSPS) is 14.1. The Morgan fingerprint density at radius 1 is 0.508 bits per heavy atom. The number of carbonyl (C=O) groups excluding carboxylic acids is 2. The van der Waals surface area contributed by atoms with E-state index in [-0.39, 0.29) is 24.9 Å². The molecule has 0 aliphatic heterocycles. The minimum Gasteiger partial charge on any atom is -0.462 e. The van der Waals surface area contributed by atoms with Gasteiger partial charge < -0.3 is 20.3 Å². The molecule has 3 unspecified atom stereocenters. The van der Waals surface area contributed by atoms with Crippen molar-refractivity contribution in [3.63, 3.8) is 0 Å². The fraction of sp³-hybridized carbons (Fsp3) is 0.673. The Hall–Kier alpha value is -3.22. The number of amides is 1. The molecule has 0 aromatic carbocycles. The predicted molar refractivity (Wildman–Crippen MR) is 264 cm³/mol. The van der Waals surface area contributed by atoms with Gasteiger partial charge in [0.25, 0.3) is 0 Å². The van der Waals surface area contributed by atoms with Gasteiger partial charge in [-0.25, -0.2) is 0 Å². The molecule has 0 spiro atoms. The van der Waals surface area contributed by atoms with Crippen LogP contribution in [0.25, 0.3) is 0 Å². The third-order valence-electron chi connectivity index (χ3n) is 10.7. The van der Waals surface area contributed by atoms with Crippen molar-refractivity contribution >= 4 is 11.9 Å². The van der Waals surface area contributed by atoms with E-state index < -0.39 is 18.2 Å². The lowest BCUT2D eigenvalue weighted by Gasteiger charge is -2.24. The van der Waals surface area contributed by atoms with Gasteiger partial charge in [-0.15, -0.1) is 0 Å². The zero-order valence-electron chi connectivity index (χ0n) is 39.5. The van der Waals surface area contributed by atoms with Crippen molar-refractivity contribution in [1.29, 1.82) is 0 Å². The van der Waals surface area contributed by atoms with E-state index >= 15 is 0 Å². The Morgan fingerprint density at radius 2 is 0.984 bits per heavy atom. The highest BCUT2D eigenvalue weighted by Gasteiger charge is 2.24. The molecule has 0 bridgehead atoms. The monoisotopic (exact) mass is 848 g/mol. The summed E-state index contributed by atoms with van der Waals surface area (Å²) in [6.07, 6.45) is 63.2. The van der Waals surface area contributed by atoms with E-state index in [2.05, 4.69) is 123 Å². The van der Waals surface area contributed by atoms with Crippen LogP contribution in [0, 0.1) is 0 Å². The highest BCUT2D eigenvalue weighted by Crippen LogP contribution is 2.16. The van der Waals surface area contributed by atoms with Gasteiger partial charge in [0.05, 0.1) is 25.2 Å². The van der Waals surface area contributed by atoms with Crippen molar-refractivity contribution < 1.29 is 24.5 Å². The molecule has 0 aromatic rings. The third-order valence-corrected chi connectivity index (χ3v) is 10.7. The number of nitrogens with one attached hydrogen (secondary N) is 1. The molecule has 0 heterocycles. The first kappa shape index (κ1) is 57.8. The summed E-state index contributed by atoms with van der Waals surface area (Å²) in [4.78, 5) is 26.1. The molecule has 3 atom stereocenters. The average Bonchev–Trinajstić information content (AvgIpc) is 3.25. The molecule has 6 heteroatoms. The topological polar surface area (TPSA) is 95.9 Å². The van der Waals surface area contributed by atoms with Crippen LogP contribution in [-0.4, -0.2) is 46.9 Å². The number of ether oxygens (including phenoxy) is 1. The summed E-state index contributed by atoms with van der Waals surface area (Å²) in [6.45, 7) is 6.20. The second-order valence-corrected chi connectivity index (χ2v) is 16.5. The second kappa shape index (κ2) is 47.8. The van der Waals surface area contributed by atoms with Gasteiger partial charge in [-0.3, -0.25) is 9.59 Å². The molecule has 0 aromatic heterocycles. The molecular weight excluding hydrogens is 755 g/mol. The molecule has 1 amide bonds. The van der Waals surface area contributed by atoms with Crippen molar-refractivity contribution in [1.82, 2.24) is 5.32 Å². The minimum absolute atomic E-state index is 0.0280. The average molecular weight is 848 g/mol. The zero-order valence-corrected chi connectivity index (χ0v) is 39.5. The molecule has 0 rings (SSSR count). The molecule has 0 aliphatic rings. The molecule has 0 saturated carbocycles. The van der Waals surface area contributed by atoms with Gasteiger partial charge in [-0.1, -0.05) is 214 Å². The van der Waals surface area contributed by atoms with Gasteiger partial charge in [-0.05, 0) is 83.5 Å². The molecule has 348 valence electrons. The highest BCUT2D eigenvalue weighted by atomic mass is 16.5. The maximum atomic E-state index is 13.2. The number of allylic oxidation sites excluding steroid dienone is 16. The number of hydrogen-bond donors (Lipinski definition) is 3. The largest absolute Gasteiger partial charge is 0.462 e. The fourth-order valence-corrected chi connectivity index (χ4v) is 6.99. The van der Waals surface area contributed by atoms with Crippen molar-refractivity contribution in [2.24, 2.45) is 0 Å². The number of aliphatic hydroxyl groups excluding tert-OH is 2. The quantitative estimate of drug-likeness (QED) is 0.0246. The van der Waals surface area contributed by atoms with Crippen LogP contribution < -0.4 is 5.32 Å². The number of rotatable bonds is 43. The third kappa shape index (κ3) is 43.2. The van der Waals surface area contributed by atoms with Crippen LogP contribution in [0.15, 0.2) is 97.2 Å². The van der Waals surface area contributed by atoms with Gasteiger partial charge in [0, 0.05) is 6.42 Å². The maximum Gasteiger partial charge on any atom is 0.306 e. The molecule has 61 heavy (non-hydrogen) atoms. The number of esters is 1. The SMILES string of the molecule is CC/C=C\C/C=C\C/C=C\C/C=C\C/C=C\CCCC(CC(=O)NC(CO)C(O)CCCCCCCCCCCC)OC(=O)CCCCCCCCC/C=C/C=C/C=C/CC. The van der Waals surface area contributed by atoms with E-state index in [4.69, 9.17) is 4.74 Å². The Labute approximate surface area is 376 Å². The lowest BCUT2D eigenvalue weighted by Crippen LogP contribution is -2.46. The van der Waals surface area contributed by atoms with E-state index in [0.29, 0.717) is 19.3 Å². The first-order chi connectivity index (χ1) is 30.0. The van der Waals surface area contributed by atoms with E-state index in [1.54, 1.807) is 0 Å². The zero-order chi connectivity index (χ0) is 44.5. The summed E-state index contributed by atoms with van der Waals surface area (Å²) < 4.78 is 5.90. The first-order valence-corrected chi connectivity index (χ1v) is 25.0. The lowest BCUT2D eigenvalue weighted by atomic mass is 10.0. The van der Waals surface area contributed by atoms with Gasteiger partial charge in [0.1, 0.15) is 6.10 Å². The van der Waals surface area contributed by atoms with E-state index in [1.165, 1.54) is 70.6 Å². The highest BCUT2D eigenvalue weighted by molar-refractivity contribution is 5.77. The summed E-state index contributed by atoms with van der Waals surface area (Å²) in [5.74, 6) is -0.552. The van der Waals surface area contributed by atoms with Crippen molar-refractivity contribution in [2.45, 2.75) is 232 Å². The first-order valence-electron chi connectivity index (χ1n) is 25.0. The van der Waals surface area contributed by atoms with E-state index in [1.807, 2.05) is 0 Å². The lowest BCUT2D eigenvalue weighted by molar-refractivity contribution is -0.151. The van der Waals surface area contributed by atoms with Crippen LogP contribution in [0.5, 0.6) is 0 Å². The van der Waals surface area contributed by atoms with E-state index in [9.17, 15) is 19.8 Å². The van der Waals surface area contributed by atoms with Gasteiger partial charge in [-0.2, -0.15) is 0 Å². The number of carbonyl (C=O) groups is 2. The standard InChI is InChI=1S/C55H93NO5/c1-4-7-10-13-16-19-22-24-26-27-29-30-32-34-37-40-43-46-51(61-55(60)48-45-42-39-36-33-31-28-25-23-20-17-14-11-8-5-2)49-54(59)56-52(50-57)53(58)47-44-41-38-35-21-18-15-12-9-6-3/h7-8,10-11,14,16-17,19-20,23-24,26,29-30,34,37,51-53,57-58H,4-6,9,12-13,15,18,21-22,25,27-28,31-33,35-36,38-50H2,1-3H3,(H,56,59)/b10-7-,11-8+,17-14+,19-16-,23-20+,26-24-,30-29-,37-34-. The molecule has 0 saturated heterocycles. The predicted octanol–water partition coefficient (Wildman–Crippen LogP) is 14.9. The van der Waals surface area contributed by atoms with Crippen LogP contribution >= 0.6 is 0 Å². The number of hydrogen-bond acceptors (Lipinski definition) is 5. The van der Waals surface area contributed by atoms with Gasteiger partial charge >= 0.3 is 5.97 Å². The number of aliphatic hydroxyl groups is 2. The summed E-state index contributed by atoms with van der Waals surface area (Å²) in [5.41, 5.74) is 0. The summed E-state index contributed by atoms with van der Waals surface area (Å²) in [7, 11) is 0.